The third-order valence-electron chi connectivity index (χ3n) is 5.43. The van der Waals surface area contributed by atoms with Crippen LogP contribution in [0.5, 0.6) is 5.75 Å². The van der Waals surface area contributed by atoms with E-state index in [1.165, 1.54) is 22.9 Å². The standard InChI is InChI=1S/C23H25N3O2S/c1-16-20-5-3-4-6-22(20)24-15-21(16)17-7-9-18(10-8-17)28-19-11-13-26(14-12-19)23(27)25-29-2/h3-10,15,19H,11-14H2,1-2H3,(H,25,27). The molecule has 4 rings (SSSR count). The second-order valence-electron chi connectivity index (χ2n) is 7.25. The number of hydrogen-bond acceptors (Lipinski definition) is 4. The number of benzene rings is 2. The molecule has 29 heavy (non-hydrogen) atoms. The van der Waals surface area contributed by atoms with Gasteiger partial charge < -0.3 is 9.64 Å². The number of pyridine rings is 1. The minimum atomic E-state index is -0.0142. The van der Waals surface area contributed by atoms with Gasteiger partial charge in [-0.2, -0.15) is 0 Å². The van der Waals surface area contributed by atoms with Gasteiger partial charge in [0.25, 0.3) is 0 Å². The molecule has 1 N–H and O–H groups in total. The Morgan fingerprint density at radius 2 is 1.86 bits per heavy atom. The zero-order valence-corrected chi connectivity index (χ0v) is 17.5. The van der Waals surface area contributed by atoms with Crippen molar-refractivity contribution >= 4 is 28.9 Å². The average molecular weight is 408 g/mol. The molecular weight excluding hydrogens is 382 g/mol. The van der Waals surface area contributed by atoms with Gasteiger partial charge in [0.1, 0.15) is 11.9 Å². The highest BCUT2D eigenvalue weighted by Crippen LogP contribution is 2.30. The zero-order chi connectivity index (χ0) is 20.2. The van der Waals surface area contributed by atoms with Crippen molar-refractivity contribution in [1.29, 1.82) is 0 Å². The van der Waals surface area contributed by atoms with Crippen LogP contribution < -0.4 is 9.46 Å². The Kier molecular flexibility index (Phi) is 5.90. The van der Waals surface area contributed by atoms with Crippen molar-refractivity contribution in [2.75, 3.05) is 19.3 Å². The molecule has 2 amide bonds. The minimum Gasteiger partial charge on any atom is -0.490 e. The zero-order valence-electron chi connectivity index (χ0n) is 16.7. The van der Waals surface area contributed by atoms with E-state index in [1.54, 1.807) is 0 Å². The van der Waals surface area contributed by atoms with E-state index in [-0.39, 0.29) is 12.1 Å². The van der Waals surface area contributed by atoms with Gasteiger partial charge in [-0.15, -0.1) is 0 Å². The molecule has 0 aliphatic carbocycles. The second kappa shape index (κ2) is 8.74. The maximum absolute atomic E-state index is 11.9. The van der Waals surface area contributed by atoms with Crippen LogP contribution >= 0.6 is 11.9 Å². The molecular formula is C23H25N3O2S. The summed E-state index contributed by atoms with van der Waals surface area (Å²) in [7, 11) is 0. The number of ether oxygens (including phenoxy) is 1. The molecule has 3 aromatic rings. The van der Waals surface area contributed by atoms with Crippen LogP contribution in [0.2, 0.25) is 0 Å². The van der Waals surface area contributed by atoms with Crippen LogP contribution in [0, 0.1) is 6.92 Å². The topological polar surface area (TPSA) is 54.5 Å². The number of para-hydroxylation sites is 1. The third kappa shape index (κ3) is 4.32. The highest BCUT2D eigenvalue weighted by atomic mass is 32.2. The fourth-order valence-corrected chi connectivity index (χ4v) is 4.11. The van der Waals surface area contributed by atoms with Gasteiger partial charge in [0.15, 0.2) is 0 Å². The lowest BCUT2D eigenvalue weighted by atomic mass is 9.99. The van der Waals surface area contributed by atoms with E-state index in [9.17, 15) is 4.79 Å². The number of aryl methyl sites for hydroxylation is 1. The van der Waals surface area contributed by atoms with E-state index in [4.69, 9.17) is 4.74 Å². The lowest BCUT2D eigenvalue weighted by molar-refractivity contribution is 0.113. The van der Waals surface area contributed by atoms with Crippen LogP contribution in [0.4, 0.5) is 4.79 Å². The highest BCUT2D eigenvalue weighted by Gasteiger charge is 2.23. The number of fused-ring (bicyclic) bond motifs is 1. The number of amides is 2. The number of nitrogens with zero attached hydrogens (tertiary/aromatic N) is 2. The summed E-state index contributed by atoms with van der Waals surface area (Å²) in [6, 6.07) is 16.4. The molecule has 0 spiro atoms. The smallest absolute Gasteiger partial charge is 0.327 e. The van der Waals surface area contributed by atoms with Gasteiger partial charge in [0, 0.05) is 49.3 Å². The number of rotatable bonds is 4. The van der Waals surface area contributed by atoms with E-state index in [0.717, 1.165) is 48.3 Å². The maximum atomic E-state index is 11.9. The number of aromatic nitrogens is 1. The molecule has 1 aromatic heterocycles. The van der Waals surface area contributed by atoms with Gasteiger partial charge in [-0.05, 0) is 36.2 Å². The molecule has 1 saturated heterocycles. The predicted molar refractivity (Wildman–Crippen MR) is 119 cm³/mol. The first-order valence-corrected chi connectivity index (χ1v) is 11.1. The monoisotopic (exact) mass is 407 g/mol. The van der Waals surface area contributed by atoms with Crippen molar-refractivity contribution in [2.45, 2.75) is 25.9 Å². The molecule has 150 valence electrons. The van der Waals surface area contributed by atoms with E-state index in [2.05, 4.69) is 34.8 Å². The fourth-order valence-electron chi connectivity index (χ4n) is 3.80. The van der Waals surface area contributed by atoms with Crippen LogP contribution in [0.15, 0.2) is 54.7 Å². The maximum Gasteiger partial charge on any atom is 0.327 e. The SMILES string of the molecule is CSNC(=O)N1CCC(Oc2ccc(-c3cnc4ccccc4c3C)cc2)CC1. The Labute approximate surface area is 175 Å². The van der Waals surface area contributed by atoms with Gasteiger partial charge in [-0.1, -0.05) is 42.3 Å². The number of piperidine rings is 1. The van der Waals surface area contributed by atoms with Crippen molar-refractivity contribution in [3.8, 4) is 16.9 Å². The fraction of sp³-hybridized carbons (Fsp3) is 0.304. The number of likely N-dealkylation sites (tertiary alicyclic amines) is 1. The number of carbonyl (C=O) groups is 1. The van der Waals surface area contributed by atoms with E-state index < -0.39 is 0 Å². The normalized spacial score (nSPS) is 14.8. The molecule has 5 nitrogen and oxygen atoms in total. The van der Waals surface area contributed by atoms with E-state index in [0.29, 0.717) is 0 Å². The second-order valence-corrected chi connectivity index (χ2v) is 7.87. The lowest BCUT2D eigenvalue weighted by Crippen LogP contribution is -2.44. The summed E-state index contributed by atoms with van der Waals surface area (Å²) in [6.07, 6.45) is 5.63. The molecule has 2 heterocycles. The average Bonchev–Trinajstić information content (AvgIpc) is 2.76. The summed E-state index contributed by atoms with van der Waals surface area (Å²) < 4.78 is 8.93. The third-order valence-corrected chi connectivity index (χ3v) is 5.81. The van der Waals surface area contributed by atoms with Crippen LogP contribution in [-0.2, 0) is 0 Å². The van der Waals surface area contributed by atoms with Gasteiger partial charge in [0.2, 0.25) is 0 Å². The molecule has 0 unspecified atom stereocenters. The first-order chi connectivity index (χ1) is 14.2. The summed E-state index contributed by atoms with van der Waals surface area (Å²) in [6.45, 7) is 3.58. The lowest BCUT2D eigenvalue weighted by Gasteiger charge is -2.31. The van der Waals surface area contributed by atoms with Crippen molar-refractivity contribution < 1.29 is 9.53 Å². The van der Waals surface area contributed by atoms with Crippen LogP contribution in [0.3, 0.4) is 0 Å². The Morgan fingerprint density at radius 1 is 1.14 bits per heavy atom. The highest BCUT2D eigenvalue weighted by molar-refractivity contribution is 7.97. The molecule has 0 bridgehead atoms. The van der Waals surface area contributed by atoms with Gasteiger partial charge in [0.05, 0.1) is 5.52 Å². The Balaban J connectivity index is 1.42. The van der Waals surface area contributed by atoms with E-state index in [1.807, 2.05) is 47.7 Å². The quantitative estimate of drug-likeness (QED) is 0.616. The molecule has 2 aromatic carbocycles. The molecule has 6 heteroatoms. The minimum absolute atomic E-state index is 0.0142. The van der Waals surface area contributed by atoms with Crippen LogP contribution in [0.1, 0.15) is 18.4 Å². The predicted octanol–water partition coefficient (Wildman–Crippen LogP) is 5.04. The number of nitrogens with one attached hydrogen (secondary N) is 1. The number of hydrogen-bond donors (Lipinski definition) is 1. The Bertz CT molecular complexity index is 999. The summed E-state index contributed by atoms with van der Waals surface area (Å²) in [5.74, 6) is 0.868. The van der Waals surface area contributed by atoms with Gasteiger partial charge in [-0.25, -0.2) is 4.79 Å². The van der Waals surface area contributed by atoms with Gasteiger partial charge >= 0.3 is 6.03 Å². The Morgan fingerprint density at radius 3 is 2.59 bits per heavy atom. The molecule has 0 saturated carbocycles. The molecule has 1 aliphatic heterocycles. The van der Waals surface area contributed by atoms with Crippen LogP contribution in [0.25, 0.3) is 22.0 Å². The first kappa shape index (κ1) is 19.6. The largest absolute Gasteiger partial charge is 0.490 e. The number of urea groups is 1. The summed E-state index contributed by atoms with van der Waals surface area (Å²) in [5.41, 5.74) is 4.53. The van der Waals surface area contributed by atoms with Crippen molar-refractivity contribution in [2.24, 2.45) is 0 Å². The molecule has 0 radical (unpaired) electrons. The number of carbonyl (C=O) groups excluding carboxylic acids is 1. The van der Waals surface area contributed by atoms with Crippen molar-refractivity contribution in [3.05, 3.63) is 60.3 Å². The van der Waals surface area contributed by atoms with Crippen molar-refractivity contribution in [3.63, 3.8) is 0 Å². The molecule has 1 aliphatic rings. The van der Waals surface area contributed by atoms with E-state index >= 15 is 0 Å². The summed E-state index contributed by atoms with van der Waals surface area (Å²) >= 11 is 1.33. The van der Waals surface area contributed by atoms with Gasteiger partial charge in [-0.3, -0.25) is 9.71 Å². The molecule has 1 fully saturated rings. The first-order valence-electron chi connectivity index (χ1n) is 9.85. The van der Waals surface area contributed by atoms with Crippen LogP contribution in [-0.4, -0.2) is 41.4 Å². The van der Waals surface area contributed by atoms with Crippen molar-refractivity contribution in [1.82, 2.24) is 14.6 Å². The molecule has 0 atom stereocenters. The summed E-state index contributed by atoms with van der Waals surface area (Å²) in [5, 5.41) is 1.18. The summed E-state index contributed by atoms with van der Waals surface area (Å²) in [4.78, 5) is 18.3. The Hall–Kier alpha value is -2.73.